The summed E-state index contributed by atoms with van der Waals surface area (Å²) in [6.45, 7) is 18.9. The van der Waals surface area contributed by atoms with Crippen LogP contribution in [0, 0.1) is 11.8 Å². The van der Waals surface area contributed by atoms with Gasteiger partial charge in [0.15, 0.2) is 11.2 Å². The first-order valence-electron chi connectivity index (χ1n) is 23.6. The molecule has 6 heteroatoms. The third kappa shape index (κ3) is 9.55. The minimum Gasteiger partial charge on any atom is -0.493 e. The van der Waals surface area contributed by atoms with E-state index in [0.717, 1.165) is 97.5 Å². The van der Waals surface area contributed by atoms with Crippen molar-refractivity contribution in [3.05, 3.63) is 157 Å². The largest absolute Gasteiger partial charge is 0.493 e. The van der Waals surface area contributed by atoms with Crippen molar-refractivity contribution in [1.29, 1.82) is 0 Å². The molecule has 0 aliphatic carbocycles. The van der Waals surface area contributed by atoms with Gasteiger partial charge in [0.25, 0.3) is 0 Å². The second-order valence-corrected chi connectivity index (χ2v) is 18.9. The molecule has 0 N–H and O–H groups in total. The Morgan fingerprint density at radius 1 is 0.439 bits per heavy atom. The molecule has 0 spiro atoms. The minimum absolute atomic E-state index is 0.0883. The highest BCUT2D eigenvalue weighted by Gasteiger charge is 2.23. The van der Waals surface area contributed by atoms with Crippen LogP contribution in [0.15, 0.2) is 154 Å². The van der Waals surface area contributed by atoms with Gasteiger partial charge in [0.1, 0.15) is 22.5 Å². The quantitative estimate of drug-likeness (QED) is 0.102. The molecule has 0 aliphatic heterocycles. The van der Waals surface area contributed by atoms with Crippen LogP contribution in [0.5, 0.6) is 11.5 Å². The smallest absolute Gasteiger partial charge is 0.227 e. The van der Waals surface area contributed by atoms with Gasteiger partial charge in [-0.05, 0) is 110 Å². The lowest BCUT2D eigenvalue weighted by molar-refractivity contribution is 0.251. The Kier molecular flexibility index (Phi) is 12.7. The van der Waals surface area contributed by atoms with Gasteiger partial charge in [-0.1, -0.05) is 165 Å². The SMILES string of the molecule is CCc1cc2nc(-c3ccc(-c4ccc(-c5ccc(-c6ccc(-c7ccc(-c8nc9cc(C(C)(C)C)c(OCC(C)CC)cc9o8)cc7)cc6)cc5)cc4)cc3)oc2cc1OCC(C)CC. The van der Waals surface area contributed by atoms with Crippen molar-refractivity contribution in [2.24, 2.45) is 11.8 Å². The predicted molar refractivity (Wildman–Crippen MR) is 272 cm³/mol. The fourth-order valence-corrected chi connectivity index (χ4v) is 8.19. The van der Waals surface area contributed by atoms with Crippen LogP contribution in [0.4, 0.5) is 0 Å². The van der Waals surface area contributed by atoms with Crippen LogP contribution in [0.2, 0.25) is 0 Å². The van der Waals surface area contributed by atoms with E-state index in [4.69, 9.17) is 28.3 Å². The highest BCUT2D eigenvalue weighted by Crippen LogP contribution is 2.38. The highest BCUT2D eigenvalue weighted by molar-refractivity contribution is 5.82. The standard InChI is InChI=1S/C60H60N2O4/c1-9-38(4)36-63-54-34-56-52(32-40(54)11-3)61-58(65-56)49-28-24-47(25-29-49)45-20-16-43(17-21-45)41-12-14-42(15-13-41)44-18-22-46(23-19-44)48-26-30-50(31-27-48)59-62-53-33-51(60(6,7)8)55(35-57(53)66-59)64-37-39(5)10-2/h12-35,38-39H,9-11,36-37H2,1-8H3. The van der Waals surface area contributed by atoms with Gasteiger partial charge >= 0.3 is 0 Å². The molecule has 2 heterocycles. The highest BCUT2D eigenvalue weighted by atomic mass is 16.5. The monoisotopic (exact) mass is 872 g/mol. The molecule has 0 bridgehead atoms. The lowest BCUT2D eigenvalue weighted by Crippen LogP contribution is -2.15. The summed E-state index contributed by atoms with van der Waals surface area (Å²) in [4.78, 5) is 9.74. The Labute approximate surface area is 389 Å². The van der Waals surface area contributed by atoms with Crippen LogP contribution in [0.25, 0.3) is 89.6 Å². The van der Waals surface area contributed by atoms with E-state index >= 15 is 0 Å². The molecule has 0 aliphatic rings. The summed E-state index contributed by atoms with van der Waals surface area (Å²) in [6, 6.07) is 51.5. The topological polar surface area (TPSA) is 70.5 Å². The number of fused-ring (bicyclic) bond motifs is 2. The van der Waals surface area contributed by atoms with Crippen LogP contribution in [-0.4, -0.2) is 23.2 Å². The van der Waals surface area contributed by atoms with Crippen LogP contribution in [-0.2, 0) is 11.8 Å². The number of aryl methyl sites for hydroxylation is 1. The molecule has 6 nitrogen and oxygen atoms in total. The molecule has 9 rings (SSSR count). The number of oxazole rings is 2. The zero-order valence-electron chi connectivity index (χ0n) is 39.6. The van der Waals surface area contributed by atoms with Gasteiger partial charge in [0, 0.05) is 28.8 Å². The molecule has 0 saturated carbocycles. The second-order valence-electron chi connectivity index (χ2n) is 18.9. The Morgan fingerprint density at radius 2 is 0.758 bits per heavy atom. The van der Waals surface area contributed by atoms with E-state index in [0.29, 0.717) is 36.8 Å². The molecular formula is C60H60N2O4. The fourth-order valence-electron chi connectivity index (χ4n) is 8.19. The average molecular weight is 873 g/mol. The number of nitrogens with zero attached hydrogens (tertiary/aromatic N) is 2. The molecular weight excluding hydrogens is 813 g/mol. The van der Waals surface area contributed by atoms with Crippen molar-refractivity contribution in [2.45, 2.75) is 80.1 Å². The van der Waals surface area contributed by atoms with E-state index in [1.807, 2.05) is 12.1 Å². The van der Waals surface area contributed by atoms with Crippen molar-refractivity contribution >= 4 is 22.2 Å². The van der Waals surface area contributed by atoms with Crippen molar-refractivity contribution in [2.75, 3.05) is 13.2 Å². The third-order valence-corrected chi connectivity index (χ3v) is 12.9. The zero-order chi connectivity index (χ0) is 46.0. The summed E-state index contributed by atoms with van der Waals surface area (Å²) in [5.74, 6) is 3.96. The van der Waals surface area contributed by atoms with Crippen molar-refractivity contribution in [1.82, 2.24) is 9.97 Å². The van der Waals surface area contributed by atoms with Crippen LogP contribution < -0.4 is 9.47 Å². The maximum Gasteiger partial charge on any atom is 0.227 e. The van der Waals surface area contributed by atoms with Gasteiger partial charge in [0.05, 0.1) is 13.2 Å². The predicted octanol–water partition coefficient (Wildman–Crippen LogP) is 16.7. The molecule has 2 unspecified atom stereocenters. The molecule has 0 saturated heterocycles. The number of benzene rings is 7. The molecule has 334 valence electrons. The van der Waals surface area contributed by atoms with E-state index in [1.54, 1.807) is 0 Å². The number of hydrogen-bond acceptors (Lipinski definition) is 6. The Morgan fingerprint density at radius 3 is 1.09 bits per heavy atom. The molecule has 0 fully saturated rings. The minimum atomic E-state index is -0.0883. The summed E-state index contributed by atoms with van der Waals surface area (Å²) in [6.07, 6.45) is 3.04. The number of rotatable bonds is 15. The summed E-state index contributed by atoms with van der Waals surface area (Å²) in [5, 5.41) is 0. The number of aromatic nitrogens is 2. The van der Waals surface area contributed by atoms with Gasteiger partial charge < -0.3 is 18.3 Å². The molecule has 0 radical (unpaired) electrons. The summed E-state index contributed by atoms with van der Waals surface area (Å²) in [5.41, 5.74) is 16.6. The molecule has 2 aromatic heterocycles. The van der Waals surface area contributed by atoms with Crippen LogP contribution in [0.1, 0.15) is 79.4 Å². The average Bonchev–Trinajstić information content (AvgIpc) is 3.98. The molecule has 7 aromatic carbocycles. The first-order valence-corrected chi connectivity index (χ1v) is 23.6. The van der Waals surface area contributed by atoms with Crippen LogP contribution >= 0.6 is 0 Å². The van der Waals surface area contributed by atoms with E-state index in [1.165, 1.54) is 22.3 Å². The van der Waals surface area contributed by atoms with E-state index in [2.05, 4.69) is 189 Å². The lowest BCUT2D eigenvalue weighted by Gasteiger charge is -2.23. The number of hydrogen-bond donors (Lipinski definition) is 0. The lowest BCUT2D eigenvalue weighted by atomic mass is 9.86. The summed E-state index contributed by atoms with van der Waals surface area (Å²) < 4.78 is 25.1. The molecule has 9 aromatic rings. The van der Waals surface area contributed by atoms with Crippen molar-refractivity contribution < 1.29 is 18.3 Å². The molecule has 0 amide bonds. The summed E-state index contributed by atoms with van der Waals surface area (Å²) >= 11 is 0. The van der Waals surface area contributed by atoms with Crippen molar-refractivity contribution in [3.8, 4) is 78.9 Å². The maximum absolute atomic E-state index is 6.32. The van der Waals surface area contributed by atoms with Crippen molar-refractivity contribution in [3.63, 3.8) is 0 Å². The van der Waals surface area contributed by atoms with Crippen LogP contribution in [0.3, 0.4) is 0 Å². The zero-order valence-corrected chi connectivity index (χ0v) is 39.6. The molecule has 66 heavy (non-hydrogen) atoms. The summed E-state index contributed by atoms with van der Waals surface area (Å²) in [7, 11) is 0. The Balaban J connectivity index is 0.837. The normalized spacial score (nSPS) is 12.7. The first kappa shape index (κ1) is 44.3. The first-order chi connectivity index (χ1) is 32.0. The number of ether oxygens (including phenoxy) is 2. The van der Waals surface area contributed by atoms with E-state index in [9.17, 15) is 0 Å². The Hall–Kier alpha value is -6.92. The second kappa shape index (κ2) is 18.9. The van der Waals surface area contributed by atoms with E-state index < -0.39 is 0 Å². The Bertz CT molecular complexity index is 3060. The maximum atomic E-state index is 6.32. The van der Waals surface area contributed by atoms with Gasteiger partial charge in [-0.2, -0.15) is 0 Å². The van der Waals surface area contributed by atoms with E-state index in [-0.39, 0.29) is 5.41 Å². The van der Waals surface area contributed by atoms with Gasteiger partial charge in [-0.25, -0.2) is 9.97 Å². The third-order valence-electron chi connectivity index (χ3n) is 12.9. The molecule has 2 atom stereocenters. The fraction of sp³-hybridized carbons (Fsp3) is 0.267. The van der Waals surface area contributed by atoms with Gasteiger partial charge in [-0.15, -0.1) is 0 Å². The van der Waals surface area contributed by atoms with Gasteiger partial charge in [0.2, 0.25) is 11.8 Å². The van der Waals surface area contributed by atoms with Gasteiger partial charge in [-0.3, -0.25) is 0 Å².